The maximum atomic E-state index is 5.17. The lowest BCUT2D eigenvalue weighted by atomic mass is 10.4. The van der Waals surface area contributed by atoms with Crippen molar-refractivity contribution in [2.45, 2.75) is 6.42 Å². The smallest absolute Gasteiger partial charge is 0.00714 e. The SMILES string of the molecule is CNCCCN.CNCCN. The molecule has 0 aliphatic rings. The van der Waals surface area contributed by atoms with Gasteiger partial charge in [-0.3, -0.25) is 0 Å². The topological polar surface area (TPSA) is 76.1 Å². The van der Waals surface area contributed by atoms with Gasteiger partial charge in [-0.1, -0.05) is 0 Å². The summed E-state index contributed by atoms with van der Waals surface area (Å²) in [6, 6.07) is 0. The van der Waals surface area contributed by atoms with E-state index in [2.05, 4.69) is 10.6 Å². The van der Waals surface area contributed by atoms with Crippen LogP contribution < -0.4 is 22.1 Å². The number of nitrogens with one attached hydrogen (secondary N) is 2. The van der Waals surface area contributed by atoms with Gasteiger partial charge in [0.05, 0.1) is 0 Å². The molecular weight excluding hydrogens is 140 g/mol. The van der Waals surface area contributed by atoms with Gasteiger partial charge >= 0.3 is 0 Å². The van der Waals surface area contributed by atoms with E-state index in [1.54, 1.807) is 0 Å². The van der Waals surface area contributed by atoms with Gasteiger partial charge < -0.3 is 22.1 Å². The van der Waals surface area contributed by atoms with Crippen LogP contribution in [0.3, 0.4) is 0 Å². The fraction of sp³-hybridized carbons (Fsp3) is 1.00. The lowest BCUT2D eigenvalue weighted by Gasteiger charge is -1.90. The third-order valence-corrected chi connectivity index (χ3v) is 1.03. The first-order valence-corrected chi connectivity index (χ1v) is 4.02. The Morgan fingerprint density at radius 3 is 1.55 bits per heavy atom. The van der Waals surface area contributed by atoms with Gasteiger partial charge in [-0.05, 0) is 33.6 Å². The Kier molecular flexibility index (Phi) is 20.1. The average molecular weight is 162 g/mol. The van der Waals surface area contributed by atoms with E-state index in [0.29, 0.717) is 0 Å². The van der Waals surface area contributed by atoms with Crippen LogP contribution in [0.25, 0.3) is 0 Å². The second-order valence-corrected chi connectivity index (χ2v) is 2.14. The summed E-state index contributed by atoms with van der Waals surface area (Å²) in [5, 5.41) is 5.88. The molecule has 6 N–H and O–H groups in total. The summed E-state index contributed by atoms with van der Waals surface area (Å²) in [6.07, 6.45) is 1.08. The van der Waals surface area contributed by atoms with E-state index >= 15 is 0 Å². The van der Waals surface area contributed by atoms with Crippen LogP contribution in [-0.4, -0.2) is 40.3 Å². The Morgan fingerprint density at radius 1 is 0.909 bits per heavy atom. The van der Waals surface area contributed by atoms with Gasteiger partial charge in [0.1, 0.15) is 0 Å². The van der Waals surface area contributed by atoms with E-state index in [4.69, 9.17) is 11.5 Å². The highest BCUT2D eigenvalue weighted by molar-refractivity contribution is 4.38. The van der Waals surface area contributed by atoms with Gasteiger partial charge in [-0.25, -0.2) is 0 Å². The first-order chi connectivity index (χ1) is 5.33. The maximum absolute atomic E-state index is 5.17. The molecule has 0 aliphatic heterocycles. The number of rotatable bonds is 5. The van der Waals surface area contributed by atoms with Crippen LogP contribution in [0.5, 0.6) is 0 Å². The minimum Gasteiger partial charge on any atom is -0.330 e. The first-order valence-electron chi connectivity index (χ1n) is 4.02. The van der Waals surface area contributed by atoms with E-state index in [1.807, 2.05) is 14.1 Å². The number of nitrogens with two attached hydrogens (primary N) is 2. The summed E-state index contributed by atoms with van der Waals surface area (Å²) in [5.41, 5.74) is 10.3. The standard InChI is InChI=1S/C4H12N2.C3H10N2/c1-6-4-2-3-5;1-5-3-2-4/h6H,2-5H2,1H3;5H,2-4H2,1H3. The monoisotopic (exact) mass is 162 g/mol. The Morgan fingerprint density at radius 2 is 1.45 bits per heavy atom. The molecule has 0 aliphatic carbocycles. The summed E-state index contributed by atoms with van der Waals surface area (Å²) in [4.78, 5) is 0. The van der Waals surface area contributed by atoms with Crippen molar-refractivity contribution in [2.24, 2.45) is 11.5 Å². The molecule has 0 fully saturated rings. The van der Waals surface area contributed by atoms with E-state index in [1.165, 1.54) is 0 Å². The molecule has 4 nitrogen and oxygen atoms in total. The molecule has 0 atom stereocenters. The average Bonchev–Trinajstić information content (AvgIpc) is 2.04. The van der Waals surface area contributed by atoms with Crippen LogP contribution in [0.2, 0.25) is 0 Å². The molecule has 0 aromatic heterocycles. The number of hydrogen-bond acceptors (Lipinski definition) is 4. The molecule has 4 heteroatoms. The van der Waals surface area contributed by atoms with Crippen LogP contribution in [-0.2, 0) is 0 Å². The summed E-state index contributed by atoms with van der Waals surface area (Å²) in [6.45, 7) is 3.48. The minimum absolute atomic E-state index is 0.733. The molecule has 0 unspecified atom stereocenters. The van der Waals surface area contributed by atoms with Crippen molar-refractivity contribution in [1.29, 1.82) is 0 Å². The van der Waals surface area contributed by atoms with Crippen molar-refractivity contribution in [1.82, 2.24) is 10.6 Å². The quantitative estimate of drug-likeness (QED) is 0.380. The Labute approximate surface area is 69.7 Å². The third-order valence-electron chi connectivity index (χ3n) is 1.03. The summed E-state index contributed by atoms with van der Waals surface area (Å²) < 4.78 is 0. The van der Waals surface area contributed by atoms with Gasteiger partial charge in [-0.15, -0.1) is 0 Å². The maximum Gasteiger partial charge on any atom is 0.00714 e. The predicted molar refractivity (Wildman–Crippen MR) is 50.6 cm³/mol. The summed E-state index contributed by atoms with van der Waals surface area (Å²) >= 11 is 0. The van der Waals surface area contributed by atoms with Crippen LogP contribution in [0, 0.1) is 0 Å². The van der Waals surface area contributed by atoms with Crippen molar-refractivity contribution < 1.29 is 0 Å². The van der Waals surface area contributed by atoms with Gasteiger partial charge in [0.25, 0.3) is 0 Å². The molecule has 11 heavy (non-hydrogen) atoms. The molecule has 0 aromatic carbocycles. The van der Waals surface area contributed by atoms with E-state index in [-0.39, 0.29) is 0 Å². The second-order valence-electron chi connectivity index (χ2n) is 2.14. The Hall–Kier alpha value is -0.160. The molecule has 70 valence electrons. The van der Waals surface area contributed by atoms with E-state index in [9.17, 15) is 0 Å². The lowest BCUT2D eigenvalue weighted by molar-refractivity contribution is 0.733. The Balaban J connectivity index is 0. The van der Waals surface area contributed by atoms with E-state index in [0.717, 1.165) is 32.6 Å². The van der Waals surface area contributed by atoms with Gasteiger partial charge in [0.2, 0.25) is 0 Å². The number of hydrogen-bond donors (Lipinski definition) is 4. The second kappa shape index (κ2) is 16.4. The fourth-order valence-electron chi connectivity index (χ4n) is 0.423. The normalized spacial score (nSPS) is 8.73. The van der Waals surface area contributed by atoms with Crippen molar-refractivity contribution in [3.05, 3.63) is 0 Å². The van der Waals surface area contributed by atoms with Crippen LogP contribution in [0.1, 0.15) is 6.42 Å². The zero-order valence-corrected chi connectivity index (χ0v) is 7.69. The highest BCUT2D eigenvalue weighted by atomic mass is 14.8. The van der Waals surface area contributed by atoms with Crippen LogP contribution >= 0.6 is 0 Å². The molecule has 0 saturated carbocycles. The fourth-order valence-corrected chi connectivity index (χ4v) is 0.423. The van der Waals surface area contributed by atoms with Gasteiger partial charge in [0, 0.05) is 13.1 Å². The summed E-state index contributed by atoms with van der Waals surface area (Å²) in [7, 11) is 3.81. The third kappa shape index (κ3) is 25.8. The molecule has 0 amide bonds. The van der Waals surface area contributed by atoms with Crippen molar-refractivity contribution >= 4 is 0 Å². The molecule has 0 aromatic rings. The largest absolute Gasteiger partial charge is 0.330 e. The summed E-state index contributed by atoms with van der Waals surface area (Å²) in [5.74, 6) is 0. The van der Waals surface area contributed by atoms with Gasteiger partial charge in [-0.2, -0.15) is 0 Å². The highest BCUT2D eigenvalue weighted by Gasteiger charge is 1.73. The first kappa shape index (κ1) is 13.4. The van der Waals surface area contributed by atoms with E-state index < -0.39 is 0 Å². The molecule has 0 radical (unpaired) electrons. The molecule has 0 rings (SSSR count). The molecular formula is C7H22N4. The zero-order chi connectivity index (χ0) is 8.95. The predicted octanol–water partition coefficient (Wildman–Crippen LogP) is -1.28. The van der Waals surface area contributed by atoms with Gasteiger partial charge in [0.15, 0.2) is 0 Å². The van der Waals surface area contributed by atoms with Crippen molar-refractivity contribution in [3.63, 3.8) is 0 Å². The molecule has 0 bridgehead atoms. The van der Waals surface area contributed by atoms with Crippen LogP contribution in [0.4, 0.5) is 0 Å². The molecule has 0 saturated heterocycles. The minimum atomic E-state index is 0.733. The molecule has 0 spiro atoms. The van der Waals surface area contributed by atoms with Crippen molar-refractivity contribution in [2.75, 3.05) is 40.3 Å². The number of likely N-dealkylation sites (N-methyl/N-ethyl adjacent to an activating group) is 1. The zero-order valence-electron chi connectivity index (χ0n) is 7.69. The molecule has 0 heterocycles. The van der Waals surface area contributed by atoms with Crippen molar-refractivity contribution in [3.8, 4) is 0 Å². The highest BCUT2D eigenvalue weighted by Crippen LogP contribution is 1.63. The van der Waals surface area contributed by atoms with Crippen LogP contribution in [0.15, 0.2) is 0 Å². The lowest BCUT2D eigenvalue weighted by Crippen LogP contribution is -2.17. The Bertz CT molecular complexity index is 43.7.